The van der Waals surface area contributed by atoms with Gasteiger partial charge in [-0.25, -0.2) is 8.42 Å². The fourth-order valence-corrected chi connectivity index (χ4v) is 4.75. The molecule has 0 aromatic heterocycles. The molecule has 192 valence electrons. The minimum Gasteiger partial charge on any atom is -0.352 e. The van der Waals surface area contributed by atoms with E-state index in [1.807, 2.05) is 64.1 Å². The van der Waals surface area contributed by atoms with Crippen molar-refractivity contribution in [1.82, 2.24) is 10.2 Å². The summed E-state index contributed by atoms with van der Waals surface area (Å²) in [6.07, 6.45) is 2.51. The lowest BCUT2D eigenvalue weighted by atomic mass is 10.1. The van der Waals surface area contributed by atoms with E-state index in [9.17, 15) is 18.0 Å². The van der Waals surface area contributed by atoms with Crippen molar-refractivity contribution in [3.63, 3.8) is 0 Å². The molecular formula is C27H39N3O4S. The number of amides is 2. The molecule has 0 unspecified atom stereocenters. The van der Waals surface area contributed by atoms with Crippen LogP contribution in [0.3, 0.4) is 0 Å². The number of nitrogens with one attached hydrogen (secondary N) is 1. The van der Waals surface area contributed by atoms with Gasteiger partial charge in [0.05, 0.1) is 11.9 Å². The van der Waals surface area contributed by atoms with Crippen molar-refractivity contribution in [2.45, 2.75) is 72.5 Å². The molecule has 0 bridgehead atoms. The Labute approximate surface area is 210 Å². The molecule has 0 heterocycles. The number of benzene rings is 2. The highest BCUT2D eigenvalue weighted by Crippen LogP contribution is 2.20. The number of nitrogens with zero attached hydrogens (tertiary/aromatic N) is 2. The summed E-state index contributed by atoms with van der Waals surface area (Å²) in [4.78, 5) is 27.5. The Hall–Kier alpha value is -2.87. The Morgan fingerprint density at radius 2 is 1.51 bits per heavy atom. The van der Waals surface area contributed by atoms with E-state index >= 15 is 0 Å². The number of rotatable bonds is 12. The molecule has 0 fully saturated rings. The van der Waals surface area contributed by atoms with E-state index in [2.05, 4.69) is 5.32 Å². The number of carbonyl (C=O) groups excluding carboxylic acids is 2. The summed E-state index contributed by atoms with van der Waals surface area (Å²) in [6.45, 7) is 10.0. The molecule has 0 spiro atoms. The highest BCUT2D eigenvalue weighted by Gasteiger charge is 2.27. The lowest BCUT2D eigenvalue weighted by Crippen LogP contribution is -2.49. The summed E-state index contributed by atoms with van der Waals surface area (Å²) < 4.78 is 26.2. The van der Waals surface area contributed by atoms with Gasteiger partial charge < -0.3 is 10.2 Å². The van der Waals surface area contributed by atoms with Crippen molar-refractivity contribution in [3.05, 3.63) is 65.2 Å². The number of anilines is 1. The van der Waals surface area contributed by atoms with Gasteiger partial charge in [0.25, 0.3) is 0 Å². The second-order valence-electron chi connectivity index (χ2n) is 9.31. The van der Waals surface area contributed by atoms with Crippen LogP contribution >= 0.6 is 0 Å². The largest absolute Gasteiger partial charge is 0.352 e. The minimum absolute atomic E-state index is 0.0382. The van der Waals surface area contributed by atoms with Gasteiger partial charge in [-0.2, -0.15) is 0 Å². The first-order chi connectivity index (χ1) is 16.4. The highest BCUT2D eigenvalue weighted by atomic mass is 32.2. The Balaban J connectivity index is 2.15. The Bertz CT molecular complexity index is 1080. The van der Waals surface area contributed by atoms with Crippen LogP contribution in [0.15, 0.2) is 48.5 Å². The lowest BCUT2D eigenvalue weighted by molar-refractivity contribution is -0.140. The molecule has 35 heavy (non-hydrogen) atoms. The van der Waals surface area contributed by atoms with Gasteiger partial charge in [0.2, 0.25) is 21.8 Å². The van der Waals surface area contributed by atoms with Crippen molar-refractivity contribution >= 4 is 27.5 Å². The first kappa shape index (κ1) is 28.4. The van der Waals surface area contributed by atoms with Crippen LogP contribution in [0, 0.1) is 6.92 Å². The molecule has 2 aromatic carbocycles. The maximum absolute atomic E-state index is 13.3. The van der Waals surface area contributed by atoms with Crippen LogP contribution in [0.2, 0.25) is 0 Å². The van der Waals surface area contributed by atoms with Crippen LogP contribution in [0.4, 0.5) is 5.69 Å². The van der Waals surface area contributed by atoms with Gasteiger partial charge >= 0.3 is 0 Å². The number of sulfonamides is 1. The van der Waals surface area contributed by atoms with E-state index in [1.54, 1.807) is 24.0 Å². The van der Waals surface area contributed by atoms with Crippen molar-refractivity contribution in [1.29, 1.82) is 0 Å². The first-order valence-electron chi connectivity index (χ1n) is 12.1. The molecule has 8 heteroatoms. The fraction of sp³-hybridized carbons (Fsp3) is 0.481. The molecule has 0 aliphatic carbocycles. The third-order valence-electron chi connectivity index (χ3n) is 5.86. The fourth-order valence-electron chi connectivity index (χ4n) is 3.78. The van der Waals surface area contributed by atoms with Gasteiger partial charge in [-0.05, 0) is 63.8 Å². The molecule has 1 N–H and O–H groups in total. The summed E-state index contributed by atoms with van der Waals surface area (Å²) >= 11 is 0. The summed E-state index contributed by atoms with van der Waals surface area (Å²) in [5.74, 6) is -0.402. The zero-order chi connectivity index (χ0) is 26.2. The van der Waals surface area contributed by atoms with Crippen molar-refractivity contribution in [2.75, 3.05) is 17.1 Å². The number of hydrogen-bond donors (Lipinski definition) is 1. The second kappa shape index (κ2) is 12.7. The van der Waals surface area contributed by atoms with E-state index < -0.39 is 16.1 Å². The summed E-state index contributed by atoms with van der Waals surface area (Å²) in [6, 6.07) is 14.6. The van der Waals surface area contributed by atoms with Gasteiger partial charge in [0.1, 0.15) is 6.04 Å². The average Bonchev–Trinajstić information content (AvgIpc) is 2.79. The highest BCUT2D eigenvalue weighted by molar-refractivity contribution is 7.92. The van der Waals surface area contributed by atoms with Gasteiger partial charge in [-0.3, -0.25) is 13.9 Å². The maximum atomic E-state index is 13.3. The third-order valence-corrected chi connectivity index (χ3v) is 7.05. The number of hydrogen-bond acceptors (Lipinski definition) is 4. The Morgan fingerprint density at radius 3 is 2.03 bits per heavy atom. The van der Waals surface area contributed by atoms with Crippen LogP contribution < -0.4 is 9.62 Å². The quantitative estimate of drug-likeness (QED) is 0.475. The predicted molar refractivity (Wildman–Crippen MR) is 142 cm³/mol. The monoisotopic (exact) mass is 501 g/mol. The van der Waals surface area contributed by atoms with E-state index in [4.69, 9.17) is 0 Å². The van der Waals surface area contributed by atoms with Crippen LogP contribution in [0.1, 0.15) is 57.2 Å². The van der Waals surface area contributed by atoms with Crippen molar-refractivity contribution < 1.29 is 18.0 Å². The van der Waals surface area contributed by atoms with Gasteiger partial charge in [0.15, 0.2) is 0 Å². The van der Waals surface area contributed by atoms with Crippen LogP contribution in [0.25, 0.3) is 0 Å². The van der Waals surface area contributed by atoms with E-state index in [0.29, 0.717) is 18.7 Å². The lowest BCUT2D eigenvalue weighted by Gasteiger charge is -2.30. The second-order valence-corrected chi connectivity index (χ2v) is 11.2. The van der Waals surface area contributed by atoms with Crippen molar-refractivity contribution in [3.8, 4) is 0 Å². The molecule has 0 aliphatic heterocycles. The third kappa shape index (κ3) is 8.69. The Kier molecular flexibility index (Phi) is 10.3. The normalized spacial score (nSPS) is 12.3. The topological polar surface area (TPSA) is 86.8 Å². The predicted octanol–water partition coefficient (Wildman–Crippen LogP) is 4.05. The summed E-state index contributed by atoms with van der Waals surface area (Å²) in [5, 5.41) is 2.88. The molecule has 0 saturated carbocycles. The van der Waals surface area contributed by atoms with Crippen LogP contribution in [0.5, 0.6) is 0 Å². The smallest absolute Gasteiger partial charge is 0.242 e. The number of aryl methyl sites for hydroxylation is 2. The van der Waals surface area contributed by atoms with E-state index in [-0.39, 0.29) is 30.8 Å². The molecule has 2 rings (SSSR count). The van der Waals surface area contributed by atoms with Gasteiger partial charge in [0, 0.05) is 25.6 Å². The first-order valence-corrected chi connectivity index (χ1v) is 14.0. The van der Waals surface area contributed by atoms with Gasteiger partial charge in [-0.1, -0.05) is 48.9 Å². The molecule has 2 aromatic rings. The molecular weight excluding hydrogens is 462 g/mol. The molecule has 2 amide bonds. The van der Waals surface area contributed by atoms with E-state index in [1.165, 1.54) is 10.6 Å². The van der Waals surface area contributed by atoms with Crippen LogP contribution in [-0.2, 0) is 32.6 Å². The molecule has 0 radical (unpaired) electrons. The zero-order valence-electron chi connectivity index (χ0n) is 21.7. The molecule has 7 nitrogen and oxygen atoms in total. The Morgan fingerprint density at radius 1 is 0.943 bits per heavy atom. The minimum atomic E-state index is -3.51. The zero-order valence-corrected chi connectivity index (χ0v) is 22.6. The van der Waals surface area contributed by atoms with Gasteiger partial charge in [-0.15, -0.1) is 0 Å². The molecule has 1 atom stereocenters. The molecule has 0 saturated heterocycles. The van der Waals surface area contributed by atoms with E-state index in [0.717, 1.165) is 23.1 Å². The summed E-state index contributed by atoms with van der Waals surface area (Å²) in [7, 11) is -3.51. The van der Waals surface area contributed by atoms with Crippen LogP contribution in [-0.4, -0.2) is 50.0 Å². The SMILES string of the molecule is CCc1ccc(N(CCCC(=O)N(Cc2ccc(C)cc2)[C@@H](C)C(=O)NC(C)C)S(C)(=O)=O)cc1. The average molecular weight is 502 g/mol. The maximum Gasteiger partial charge on any atom is 0.242 e. The number of carbonyl (C=O) groups is 2. The molecule has 0 aliphatic rings. The van der Waals surface area contributed by atoms with Crippen molar-refractivity contribution in [2.24, 2.45) is 0 Å². The summed E-state index contributed by atoms with van der Waals surface area (Å²) in [5.41, 5.74) is 3.75. The standard InChI is InChI=1S/C27H39N3O4S/c1-7-23-14-16-25(17-15-23)30(35(6,33)34)18-8-9-26(31)29(22(5)27(32)28-20(2)3)19-24-12-10-21(4)11-13-24/h10-17,20,22H,7-9,18-19H2,1-6H3,(H,28,32)/t22-/m0/s1.